The van der Waals surface area contributed by atoms with Crippen LogP contribution in [0.25, 0.3) is 0 Å². The van der Waals surface area contributed by atoms with Crippen LogP contribution in [0, 0.1) is 0 Å². The molecule has 1 aliphatic carbocycles. The lowest BCUT2D eigenvalue weighted by Gasteiger charge is -2.29. The zero-order chi connectivity index (χ0) is 15.5. The molecular formula is C15H19ClF2N2O. The maximum Gasteiger partial charge on any atom is 0.277 e. The van der Waals surface area contributed by atoms with Gasteiger partial charge in [-0.15, -0.1) is 0 Å². The van der Waals surface area contributed by atoms with E-state index in [2.05, 4.69) is 5.32 Å². The van der Waals surface area contributed by atoms with E-state index in [1.165, 1.54) is 0 Å². The van der Waals surface area contributed by atoms with Crippen molar-refractivity contribution in [3.05, 3.63) is 34.9 Å². The highest BCUT2D eigenvalue weighted by molar-refractivity contribution is 6.30. The third kappa shape index (κ3) is 3.52. The third-order valence-electron chi connectivity index (χ3n) is 4.09. The summed E-state index contributed by atoms with van der Waals surface area (Å²) in [7, 11) is 0. The summed E-state index contributed by atoms with van der Waals surface area (Å²) in [5.41, 5.74) is 5.10. The maximum atomic E-state index is 13.2. The minimum absolute atomic E-state index is 0.351. The van der Waals surface area contributed by atoms with Gasteiger partial charge in [-0.3, -0.25) is 4.79 Å². The first-order chi connectivity index (χ1) is 9.89. The molecule has 0 saturated heterocycles. The average molecular weight is 317 g/mol. The van der Waals surface area contributed by atoms with Crippen molar-refractivity contribution in [2.24, 2.45) is 5.73 Å². The monoisotopic (exact) mass is 316 g/mol. The Labute approximate surface area is 127 Å². The van der Waals surface area contributed by atoms with Crippen LogP contribution in [0.15, 0.2) is 24.3 Å². The molecule has 3 N–H and O–H groups in total. The van der Waals surface area contributed by atoms with Crippen molar-refractivity contribution in [1.82, 2.24) is 5.32 Å². The van der Waals surface area contributed by atoms with Crippen LogP contribution in [-0.2, 0) is 10.2 Å². The summed E-state index contributed by atoms with van der Waals surface area (Å²) in [5.74, 6) is -3.43. The number of carbonyl (C=O) groups excluding carboxylic acids is 1. The number of amides is 1. The van der Waals surface area contributed by atoms with Crippen molar-refractivity contribution < 1.29 is 13.6 Å². The molecule has 2 rings (SSSR count). The van der Waals surface area contributed by atoms with Crippen LogP contribution in [0.2, 0.25) is 5.02 Å². The molecule has 1 amide bonds. The van der Waals surface area contributed by atoms with Crippen LogP contribution in [0.1, 0.15) is 31.2 Å². The van der Waals surface area contributed by atoms with E-state index in [4.69, 9.17) is 17.3 Å². The first kappa shape index (κ1) is 16.2. The van der Waals surface area contributed by atoms with Crippen LogP contribution in [0.3, 0.4) is 0 Å². The molecule has 0 unspecified atom stereocenters. The summed E-state index contributed by atoms with van der Waals surface area (Å²) in [5, 5.41) is 2.95. The minimum atomic E-state index is -3.07. The molecule has 1 aromatic carbocycles. The van der Waals surface area contributed by atoms with Gasteiger partial charge in [-0.2, -0.15) is 0 Å². The predicted octanol–water partition coefficient (Wildman–Crippen LogP) is 2.86. The fourth-order valence-electron chi connectivity index (χ4n) is 2.85. The van der Waals surface area contributed by atoms with Gasteiger partial charge < -0.3 is 11.1 Å². The molecule has 0 radical (unpaired) electrons. The highest BCUT2D eigenvalue weighted by atomic mass is 35.5. The summed E-state index contributed by atoms with van der Waals surface area (Å²) < 4.78 is 26.4. The first-order valence-corrected chi connectivity index (χ1v) is 7.40. The molecule has 0 bridgehead atoms. The molecular weight excluding hydrogens is 298 g/mol. The maximum absolute atomic E-state index is 13.2. The summed E-state index contributed by atoms with van der Waals surface area (Å²) in [6, 6.07) is 7.04. The summed E-state index contributed by atoms with van der Waals surface area (Å²) >= 11 is 5.87. The van der Waals surface area contributed by atoms with Crippen LogP contribution in [0.4, 0.5) is 8.78 Å². The summed E-state index contributed by atoms with van der Waals surface area (Å²) in [4.78, 5) is 12.5. The fourth-order valence-corrected chi connectivity index (χ4v) is 2.97. The van der Waals surface area contributed by atoms with Crippen LogP contribution in [0.5, 0.6) is 0 Å². The highest BCUT2D eigenvalue weighted by Crippen LogP contribution is 2.41. The highest BCUT2D eigenvalue weighted by Gasteiger charge is 2.43. The number of rotatable bonds is 5. The van der Waals surface area contributed by atoms with Gasteiger partial charge in [0.2, 0.25) is 5.91 Å². The Morgan fingerprint density at radius 2 is 1.86 bits per heavy atom. The second-order valence-corrected chi connectivity index (χ2v) is 5.98. The fraction of sp³-hybridized carbons (Fsp3) is 0.533. The van der Waals surface area contributed by atoms with E-state index in [9.17, 15) is 13.6 Å². The zero-order valence-corrected chi connectivity index (χ0v) is 12.4. The second kappa shape index (κ2) is 6.28. The Morgan fingerprint density at radius 1 is 1.29 bits per heavy atom. The molecule has 0 heterocycles. The van der Waals surface area contributed by atoms with Crippen LogP contribution in [-0.4, -0.2) is 24.9 Å². The lowest BCUT2D eigenvalue weighted by molar-refractivity contribution is -0.128. The predicted molar refractivity (Wildman–Crippen MR) is 78.6 cm³/mol. The Morgan fingerprint density at radius 3 is 2.38 bits per heavy atom. The molecule has 1 aliphatic rings. The number of hydrogen-bond donors (Lipinski definition) is 2. The zero-order valence-electron chi connectivity index (χ0n) is 11.7. The van der Waals surface area contributed by atoms with Gasteiger partial charge in [0.1, 0.15) is 0 Å². The van der Waals surface area contributed by atoms with Gasteiger partial charge in [-0.25, -0.2) is 8.78 Å². The van der Waals surface area contributed by atoms with E-state index in [1.807, 2.05) is 0 Å². The van der Waals surface area contributed by atoms with Gasteiger partial charge >= 0.3 is 0 Å². The van der Waals surface area contributed by atoms with E-state index in [0.29, 0.717) is 17.9 Å². The van der Waals surface area contributed by atoms with E-state index in [0.717, 1.165) is 18.4 Å². The SMILES string of the molecule is NCC(F)(F)CNC(=O)C1(c2ccc(Cl)cc2)CCCC1. The Balaban J connectivity index is 2.18. The van der Waals surface area contributed by atoms with Crippen molar-refractivity contribution in [2.45, 2.75) is 37.0 Å². The summed E-state index contributed by atoms with van der Waals surface area (Å²) in [6.45, 7) is -1.50. The van der Waals surface area contributed by atoms with E-state index < -0.39 is 24.4 Å². The van der Waals surface area contributed by atoms with Crippen molar-refractivity contribution >= 4 is 17.5 Å². The summed E-state index contributed by atoms with van der Waals surface area (Å²) in [6.07, 6.45) is 3.13. The smallest absolute Gasteiger partial charge is 0.277 e. The Hall–Kier alpha value is -1.20. The number of benzene rings is 1. The van der Waals surface area contributed by atoms with Crippen LogP contribution < -0.4 is 11.1 Å². The molecule has 21 heavy (non-hydrogen) atoms. The van der Waals surface area contributed by atoms with Crippen molar-refractivity contribution in [3.63, 3.8) is 0 Å². The van der Waals surface area contributed by atoms with Gasteiger partial charge in [-0.05, 0) is 30.5 Å². The second-order valence-electron chi connectivity index (χ2n) is 5.54. The first-order valence-electron chi connectivity index (χ1n) is 7.02. The standard InChI is InChI=1S/C15H19ClF2N2O/c16-12-5-3-11(4-6-12)14(7-1-2-8-14)13(21)20-10-15(17,18)9-19/h3-6H,1-2,7-10,19H2,(H,20,21). The average Bonchev–Trinajstić information content (AvgIpc) is 2.96. The molecule has 6 heteroatoms. The number of alkyl halides is 2. The minimum Gasteiger partial charge on any atom is -0.349 e. The topological polar surface area (TPSA) is 55.1 Å². The third-order valence-corrected chi connectivity index (χ3v) is 4.35. The molecule has 116 valence electrons. The van der Waals surface area contributed by atoms with Crippen LogP contribution >= 0.6 is 11.6 Å². The molecule has 0 aliphatic heterocycles. The molecule has 1 fully saturated rings. The quantitative estimate of drug-likeness (QED) is 0.877. The lowest BCUT2D eigenvalue weighted by atomic mass is 9.78. The van der Waals surface area contributed by atoms with Crippen molar-refractivity contribution in [2.75, 3.05) is 13.1 Å². The number of nitrogens with one attached hydrogen (secondary N) is 1. The number of carbonyl (C=O) groups is 1. The van der Waals surface area contributed by atoms with Gasteiger partial charge in [-0.1, -0.05) is 36.6 Å². The normalized spacial score (nSPS) is 17.7. The molecule has 1 aromatic rings. The van der Waals surface area contributed by atoms with Gasteiger partial charge in [0.05, 0.1) is 18.5 Å². The Bertz CT molecular complexity index is 499. The van der Waals surface area contributed by atoms with E-state index >= 15 is 0 Å². The number of halogens is 3. The lowest BCUT2D eigenvalue weighted by Crippen LogP contribution is -2.48. The van der Waals surface area contributed by atoms with Gasteiger partial charge in [0.25, 0.3) is 5.92 Å². The molecule has 1 saturated carbocycles. The Kier molecular flexibility index (Phi) is 4.84. The van der Waals surface area contributed by atoms with E-state index in [1.54, 1.807) is 24.3 Å². The van der Waals surface area contributed by atoms with E-state index in [-0.39, 0.29) is 5.91 Å². The molecule has 0 spiro atoms. The van der Waals surface area contributed by atoms with Crippen molar-refractivity contribution in [1.29, 1.82) is 0 Å². The van der Waals surface area contributed by atoms with Crippen molar-refractivity contribution in [3.8, 4) is 0 Å². The van der Waals surface area contributed by atoms with Gasteiger partial charge in [0, 0.05) is 5.02 Å². The molecule has 3 nitrogen and oxygen atoms in total. The number of hydrogen-bond acceptors (Lipinski definition) is 2. The molecule has 0 aromatic heterocycles. The number of nitrogens with two attached hydrogens (primary N) is 1. The largest absolute Gasteiger partial charge is 0.349 e. The van der Waals surface area contributed by atoms with Gasteiger partial charge in [0.15, 0.2) is 0 Å². The molecule has 0 atom stereocenters.